The van der Waals surface area contributed by atoms with Crippen LogP contribution in [-0.4, -0.2) is 43.5 Å². The van der Waals surface area contributed by atoms with E-state index in [2.05, 4.69) is 5.32 Å². The zero-order valence-electron chi connectivity index (χ0n) is 17.0. The van der Waals surface area contributed by atoms with Gasteiger partial charge in [0.15, 0.2) is 0 Å². The molecule has 1 unspecified atom stereocenters. The molecule has 152 valence electrons. The number of hydrogen-bond donors (Lipinski definition) is 1. The molecule has 2 rings (SSSR count). The van der Waals surface area contributed by atoms with Crippen molar-refractivity contribution >= 4 is 23.2 Å². The van der Waals surface area contributed by atoms with Crippen LogP contribution in [0.2, 0.25) is 0 Å². The van der Waals surface area contributed by atoms with Gasteiger partial charge in [0.05, 0.1) is 20.8 Å². The first-order valence-electron chi connectivity index (χ1n) is 9.24. The molecule has 0 spiro atoms. The highest BCUT2D eigenvalue weighted by Crippen LogP contribution is 2.23. The average Bonchev–Trinajstić information content (AvgIpc) is 3.21. The molecule has 2 aromatic rings. The van der Waals surface area contributed by atoms with Gasteiger partial charge in [-0.05, 0) is 36.4 Å². The first-order valence-corrected chi connectivity index (χ1v) is 10.1. The van der Waals surface area contributed by atoms with Gasteiger partial charge in [0.25, 0.3) is 5.91 Å². The molecular formula is C21H28N2O4S. The predicted molar refractivity (Wildman–Crippen MR) is 111 cm³/mol. The van der Waals surface area contributed by atoms with Crippen molar-refractivity contribution in [1.29, 1.82) is 0 Å². The summed E-state index contributed by atoms with van der Waals surface area (Å²) in [5.41, 5.74) is 0.385. The van der Waals surface area contributed by atoms with Gasteiger partial charge in [-0.1, -0.05) is 19.9 Å². The minimum Gasteiger partial charge on any atom is -0.497 e. The second-order valence-corrected chi connectivity index (χ2v) is 7.76. The molecule has 6 nitrogen and oxygen atoms in total. The molecule has 0 bridgehead atoms. The molecule has 0 saturated heterocycles. The lowest BCUT2D eigenvalue weighted by molar-refractivity contribution is -0.134. The fraction of sp³-hybridized carbons (Fsp3) is 0.429. The molecule has 2 amide bonds. The Morgan fingerprint density at radius 3 is 2.25 bits per heavy atom. The molecule has 0 radical (unpaired) electrons. The molecule has 0 aliphatic heterocycles. The molecule has 28 heavy (non-hydrogen) atoms. The molecule has 1 atom stereocenters. The number of carbonyl (C=O) groups excluding carboxylic acids is 2. The number of nitrogens with one attached hydrogen (secondary N) is 1. The van der Waals surface area contributed by atoms with Crippen LogP contribution < -0.4 is 14.8 Å². The number of methoxy groups -OCH3 is 2. The Kier molecular flexibility index (Phi) is 7.87. The van der Waals surface area contributed by atoms with Crippen molar-refractivity contribution < 1.29 is 19.1 Å². The van der Waals surface area contributed by atoms with Crippen LogP contribution in [-0.2, 0) is 11.3 Å². The Hall–Kier alpha value is -2.54. The van der Waals surface area contributed by atoms with Crippen molar-refractivity contribution in [2.45, 2.75) is 33.4 Å². The van der Waals surface area contributed by atoms with Crippen molar-refractivity contribution in [2.75, 3.05) is 20.8 Å². The van der Waals surface area contributed by atoms with E-state index in [0.29, 0.717) is 30.2 Å². The standard InChI is InChI=1S/C21H28N2O4S/c1-6-23(13-18-8-7-9-28-18)21(25)19(14(2)3)22-20(24)15-10-16(26-4)12-17(11-15)27-5/h7-12,14,19H,6,13H2,1-5H3,(H,22,24). The summed E-state index contributed by atoms with van der Waals surface area (Å²) in [6.45, 7) is 6.90. The van der Waals surface area contributed by atoms with Gasteiger partial charge in [-0.15, -0.1) is 11.3 Å². The SMILES string of the molecule is CCN(Cc1cccs1)C(=O)C(NC(=O)c1cc(OC)cc(OC)c1)C(C)C. The molecule has 0 saturated carbocycles. The molecule has 0 fully saturated rings. The fourth-order valence-electron chi connectivity index (χ4n) is 2.81. The summed E-state index contributed by atoms with van der Waals surface area (Å²) in [6, 6.07) is 8.31. The van der Waals surface area contributed by atoms with Crippen LogP contribution in [0.1, 0.15) is 36.0 Å². The van der Waals surface area contributed by atoms with Gasteiger partial charge in [-0.25, -0.2) is 0 Å². The van der Waals surface area contributed by atoms with E-state index < -0.39 is 6.04 Å². The monoisotopic (exact) mass is 404 g/mol. The number of ether oxygens (including phenoxy) is 2. The van der Waals surface area contributed by atoms with Crippen LogP contribution in [0.4, 0.5) is 0 Å². The minimum absolute atomic E-state index is 0.0543. The van der Waals surface area contributed by atoms with Crippen LogP contribution in [0.15, 0.2) is 35.7 Å². The van der Waals surface area contributed by atoms with E-state index in [9.17, 15) is 9.59 Å². The largest absolute Gasteiger partial charge is 0.497 e. The summed E-state index contributed by atoms with van der Waals surface area (Å²) in [4.78, 5) is 28.8. The number of carbonyl (C=O) groups is 2. The summed E-state index contributed by atoms with van der Waals surface area (Å²) in [5.74, 6) is 0.557. The second kappa shape index (κ2) is 10.1. The smallest absolute Gasteiger partial charge is 0.252 e. The van der Waals surface area contributed by atoms with Crippen molar-refractivity contribution in [1.82, 2.24) is 10.2 Å². The van der Waals surface area contributed by atoms with E-state index in [1.807, 2.05) is 38.3 Å². The highest BCUT2D eigenvalue weighted by atomic mass is 32.1. The van der Waals surface area contributed by atoms with E-state index >= 15 is 0 Å². The van der Waals surface area contributed by atoms with E-state index in [-0.39, 0.29) is 17.7 Å². The van der Waals surface area contributed by atoms with E-state index in [4.69, 9.17) is 9.47 Å². The molecular weight excluding hydrogens is 376 g/mol. The number of nitrogens with zero attached hydrogens (tertiary/aromatic N) is 1. The van der Waals surface area contributed by atoms with Crippen molar-refractivity contribution in [3.63, 3.8) is 0 Å². The van der Waals surface area contributed by atoms with Gasteiger partial charge in [0.1, 0.15) is 17.5 Å². The maximum Gasteiger partial charge on any atom is 0.252 e. The van der Waals surface area contributed by atoms with Crippen LogP contribution in [0.3, 0.4) is 0 Å². The van der Waals surface area contributed by atoms with Gasteiger partial charge in [-0.2, -0.15) is 0 Å². The third kappa shape index (κ3) is 5.48. The number of amides is 2. The Morgan fingerprint density at radius 1 is 1.14 bits per heavy atom. The van der Waals surface area contributed by atoms with Crippen LogP contribution in [0.25, 0.3) is 0 Å². The average molecular weight is 405 g/mol. The Bertz CT molecular complexity index is 767. The molecule has 0 aliphatic carbocycles. The topological polar surface area (TPSA) is 67.9 Å². The van der Waals surface area contributed by atoms with Crippen molar-refractivity contribution in [3.05, 3.63) is 46.2 Å². The second-order valence-electron chi connectivity index (χ2n) is 6.73. The van der Waals surface area contributed by atoms with Gasteiger partial charge in [-0.3, -0.25) is 9.59 Å². The molecule has 7 heteroatoms. The summed E-state index contributed by atoms with van der Waals surface area (Å²) in [5, 5.41) is 4.88. The number of likely N-dealkylation sites (N-methyl/N-ethyl adjacent to an activating group) is 1. The van der Waals surface area contributed by atoms with E-state index in [1.54, 1.807) is 34.4 Å². The maximum absolute atomic E-state index is 13.1. The van der Waals surface area contributed by atoms with Crippen LogP contribution >= 0.6 is 11.3 Å². The van der Waals surface area contributed by atoms with Crippen LogP contribution in [0.5, 0.6) is 11.5 Å². The maximum atomic E-state index is 13.1. The number of hydrogen-bond acceptors (Lipinski definition) is 5. The lowest BCUT2D eigenvalue weighted by atomic mass is 10.0. The number of rotatable bonds is 9. The van der Waals surface area contributed by atoms with Gasteiger partial charge in [0, 0.05) is 23.1 Å². The number of thiophene rings is 1. The molecule has 0 aliphatic rings. The lowest BCUT2D eigenvalue weighted by Gasteiger charge is -2.29. The van der Waals surface area contributed by atoms with Gasteiger partial charge in [0.2, 0.25) is 5.91 Å². The molecule has 1 aromatic carbocycles. The van der Waals surface area contributed by atoms with E-state index in [0.717, 1.165) is 4.88 Å². The van der Waals surface area contributed by atoms with Crippen LogP contribution in [0, 0.1) is 5.92 Å². The van der Waals surface area contributed by atoms with Gasteiger partial charge >= 0.3 is 0 Å². The Balaban J connectivity index is 2.19. The van der Waals surface area contributed by atoms with Crippen molar-refractivity contribution in [3.8, 4) is 11.5 Å². The minimum atomic E-state index is -0.621. The first kappa shape index (κ1) is 21.8. The third-order valence-electron chi connectivity index (χ3n) is 4.45. The summed E-state index contributed by atoms with van der Waals surface area (Å²) >= 11 is 1.61. The normalized spacial score (nSPS) is 11.8. The fourth-order valence-corrected chi connectivity index (χ4v) is 3.53. The zero-order chi connectivity index (χ0) is 20.7. The van der Waals surface area contributed by atoms with Gasteiger partial charge < -0.3 is 19.7 Å². The molecule has 1 N–H and O–H groups in total. The van der Waals surface area contributed by atoms with E-state index in [1.165, 1.54) is 14.2 Å². The highest BCUT2D eigenvalue weighted by molar-refractivity contribution is 7.09. The molecule has 1 heterocycles. The first-order chi connectivity index (χ1) is 13.4. The highest BCUT2D eigenvalue weighted by Gasteiger charge is 2.29. The predicted octanol–water partition coefficient (Wildman–Crippen LogP) is 3.57. The summed E-state index contributed by atoms with van der Waals surface area (Å²) in [7, 11) is 3.06. The quantitative estimate of drug-likeness (QED) is 0.694. The zero-order valence-corrected chi connectivity index (χ0v) is 17.8. The number of benzene rings is 1. The third-order valence-corrected chi connectivity index (χ3v) is 5.31. The lowest BCUT2D eigenvalue weighted by Crippen LogP contribution is -2.51. The Labute approximate surface area is 170 Å². The Morgan fingerprint density at radius 2 is 1.79 bits per heavy atom. The van der Waals surface area contributed by atoms with Crippen molar-refractivity contribution in [2.24, 2.45) is 5.92 Å². The molecule has 1 aromatic heterocycles. The summed E-state index contributed by atoms with van der Waals surface area (Å²) in [6.07, 6.45) is 0. The summed E-state index contributed by atoms with van der Waals surface area (Å²) < 4.78 is 10.5.